The first-order valence-electron chi connectivity index (χ1n) is 9.80. The maximum absolute atomic E-state index is 13.9. The SMILES string of the molecule is N=Nc1c(NCC2CC2)ccc(-c2ccc(CN3CC(=O)NC3=O)cc2)c1C(F)(F)F. The summed E-state index contributed by atoms with van der Waals surface area (Å²) in [4.78, 5) is 24.3. The number of carbonyl (C=O) groups is 2. The number of nitrogens with one attached hydrogen (secondary N) is 3. The molecule has 2 aromatic carbocycles. The lowest BCUT2D eigenvalue weighted by Crippen LogP contribution is -2.27. The van der Waals surface area contributed by atoms with Crippen LogP contribution in [0.15, 0.2) is 41.5 Å². The van der Waals surface area contributed by atoms with Crippen molar-refractivity contribution in [2.75, 3.05) is 18.4 Å². The molecule has 2 aliphatic rings. The fourth-order valence-electron chi connectivity index (χ4n) is 3.57. The predicted octanol–water partition coefficient (Wildman–Crippen LogP) is 4.91. The number of imide groups is 1. The summed E-state index contributed by atoms with van der Waals surface area (Å²) in [5, 5.41) is 8.37. The van der Waals surface area contributed by atoms with Crippen LogP contribution in [0.4, 0.5) is 29.3 Å². The molecule has 4 rings (SSSR count). The Morgan fingerprint density at radius 1 is 1.13 bits per heavy atom. The summed E-state index contributed by atoms with van der Waals surface area (Å²) in [7, 11) is 0. The molecule has 3 N–H and O–H groups in total. The Morgan fingerprint density at radius 3 is 2.39 bits per heavy atom. The zero-order chi connectivity index (χ0) is 22.2. The summed E-state index contributed by atoms with van der Waals surface area (Å²) in [5.74, 6) is 0.0617. The molecule has 1 aliphatic heterocycles. The van der Waals surface area contributed by atoms with Crippen LogP contribution in [-0.4, -0.2) is 29.9 Å². The molecule has 0 atom stereocenters. The van der Waals surface area contributed by atoms with Gasteiger partial charge in [0.2, 0.25) is 5.91 Å². The largest absolute Gasteiger partial charge is 0.419 e. The Labute approximate surface area is 176 Å². The van der Waals surface area contributed by atoms with Gasteiger partial charge in [0.1, 0.15) is 12.2 Å². The molecule has 1 heterocycles. The van der Waals surface area contributed by atoms with Gasteiger partial charge in [-0.25, -0.2) is 10.3 Å². The van der Waals surface area contributed by atoms with E-state index in [1.165, 1.54) is 29.2 Å². The fourth-order valence-corrected chi connectivity index (χ4v) is 3.57. The molecule has 7 nitrogen and oxygen atoms in total. The number of hydrogen-bond donors (Lipinski definition) is 3. The first-order chi connectivity index (χ1) is 14.8. The van der Waals surface area contributed by atoms with Crippen molar-refractivity contribution in [3.8, 4) is 11.1 Å². The van der Waals surface area contributed by atoms with E-state index in [2.05, 4.69) is 15.7 Å². The minimum Gasteiger partial charge on any atom is -0.383 e. The van der Waals surface area contributed by atoms with Crippen LogP contribution in [0.1, 0.15) is 24.0 Å². The van der Waals surface area contributed by atoms with E-state index in [4.69, 9.17) is 5.53 Å². The third-order valence-corrected chi connectivity index (χ3v) is 5.36. The molecule has 0 unspecified atom stereocenters. The number of alkyl halides is 3. The average molecular weight is 431 g/mol. The molecule has 10 heteroatoms. The van der Waals surface area contributed by atoms with E-state index in [0.717, 1.165) is 12.8 Å². The second-order valence-electron chi connectivity index (χ2n) is 7.72. The Balaban J connectivity index is 1.64. The first kappa shape index (κ1) is 20.8. The van der Waals surface area contributed by atoms with Crippen LogP contribution in [0.25, 0.3) is 11.1 Å². The number of nitrogens with zero attached hydrogens (tertiary/aromatic N) is 2. The zero-order valence-electron chi connectivity index (χ0n) is 16.4. The van der Waals surface area contributed by atoms with Gasteiger partial charge in [-0.15, -0.1) is 0 Å². The van der Waals surface area contributed by atoms with Gasteiger partial charge in [0, 0.05) is 13.1 Å². The van der Waals surface area contributed by atoms with Crippen molar-refractivity contribution in [1.29, 1.82) is 5.53 Å². The summed E-state index contributed by atoms with van der Waals surface area (Å²) in [6.07, 6.45) is -2.60. The van der Waals surface area contributed by atoms with Crippen LogP contribution in [0.3, 0.4) is 0 Å². The third kappa shape index (κ3) is 4.52. The molecular weight excluding hydrogens is 411 g/mol. The van der Waals surface area contributed by atoms with E-state index < -0.39 is 29.4 Å². The molecular formula is C21H20F3N5O2. The van der Waals surface area contributed by atoms with Gasteiger partial charge < -0.3 is 10.2 Å². The Kier molecular flexibility index (Phi) is 5.38. The van der Waals surface area contributed by atoms with E-state index in [1.807, 2.05) is 0 Å². The van der Waals surface area contributed by atoms with E-state index >= 15 is 0 Å². The smallest absolute Gasteiger partial charge is 0.383 e. The Hall–Kier alpha value is -3.43. The molecule has 1 saturated carbocycles. The van der Waals surface area contributed by atoms with Crippen LogP contribution in [0.5, 0.6) is 0 Å². The molecule has 1 aliphatic carbocycles. The number of anilines is 1. The maximum atomic E-state index is 13.9. The van der Waals surface area contributed by atoms with Gasteiger partial charge in [0.15, 0.2) is 0 Å². The summed E-state index contributed by atoms with van der Waals surface area (Å²) in [6, 6.07) is 8.69. The monoisotopic (exact) mass is 431 g/mol. The van der Waals surface area contributed by atoms with Gasteiger partial charge in [-0.3, -0.25) is 10.1 Å². The maximum Gasteiger partial charge on any atom is 0.419 e. The van der Waals surface area contributed by atoms with E-state index in [9.17, 15) is 22.8 Å². The van der Waals surface area contributed by atoms with Gasteiger partial charge in [-0.2, -0.15) is 18.3 Å². The lowest BCUT2D eigenvalue weighted by molar-refractivity contribution is -0.136. The number of amides is 3. The van der Waals surface area contributed by atoms with Crippen molar-refractivity contribution in [3.63, 3.8) is 0 Å². The Bertz CT molecular complexity index is 1030. The van der Waals surface area contributed by atoms with Crippen molar-refractivity contribution in [2.24, 2.45) is 11.0 Å². The zero-order valence-corrected chi connectivity index (χ0v) is 16.4. The lowest BCUT2D eigenvalue weighted by Gasteiger charge is -2.19. The van der Waals surface area contributed by atoms with Crippen molar-refractivity contribution in [1.82, 2.24) is 10.2 Å². The lowest BCUT2D eigenvalue weighted by atomic mass is 9.96. The highest BCUT2D eigenvalue weighted by Crippen LogP contribution is 2.46. The van der Waals surface area contributed by atoms with E-state index in [-0.39, 0.29) is 24.3 Å². The molecule has 162 valence electrons. The molecule has 31 heavy (non-hydrogen) atoms. The molecule has 2 fully saturated rings. The van der Waals surface area contributed by atoms with Crippen molar-refractivity contribution < 1.29 is 22.8 Å². The van der Waals surface area contributed by atoms with Crippen molar-refractivity contribution >= 4 is 23.3 Å². The summed E-state index contributed by atoms with van der Waals surface area (Å²) in [6.45, 7) is 0.671. The van der Waals surface area contributed by atoms with Gasteiger partial charge >= 0.3 is 12.2 Å². The second-order valence-corrected chi connectivity index (χ2v) is 7.72. The summed E-state index contributed by atoms with van der Waals surface area (Å²) in [5.41, 5.74) is 7.10. The molecule has 0 aromatic heterocycles. The Morgan fingerprint density at radius 2 is 1.84 bits per heavy atom. The van der Waals surface area contributed by atoms with Gasteiger partial charge in [-0.1, -0.05) is 30.3 Å². The molecule has 1 saturated heterocycles. The topological polar surface area (TPSA) is 97.7 Å². The van der Waals surface area contributed by atoms with E-state index in [0.29, 0.717) is 23.6 Å². The van der Waals surface area contributed by atoms with Gasteiger partial charge in [-0.05, 0) is 41.5 Å². The van der Waals surface area contributed by atoms with Crippen LogP contribution >= 0.6 is 0 Å². The first-order valence-corrected chi connectivity index (χ1v) is 9.80. The van der Waals surface area contributed by atoms with Gasteiger partial charge in [0.25, 0.3) is 0 Å². The van der Waals surface area contributed by atoms with Crippen molar-refractivity contribution in [2.45, 2.75) is 25.6 Å². The summed E-state index contributed by atoms with van der Waals surface area (Å²) >= 11 is 0. The number of benzene rings is 2. The van der Waals surface area contributed by atoms with Crippen LogP contribution in [0.2, 0.25) is 0 Å². The molecule has 0 bridgehead atoms. The fraction of sp³-hybridized carbons (Fsp3) is 0.333. The molecule has 2 aromatic rings. The normalized spacial score (nSPS) is 16.4. The predicted molar refractivity (Wildman–Crippen MR) is 107 cm³/mol. The number of urea groups is 1. The molecule has 0 radical (unpaired) electrons. The average Bonchev–Trinajstić information content (AvgIpc) is 3.50. The van der Waals surface area contributed by atoms with E-state index in [1.54, 1.807) is 12.1 Å². The second kappa shape index (κ2) is 8.01. The third-order valence-electron chi connectivity index (χ3n) is 5.36. The highest BCUT2D eigenvalue weighted by molar-refractivity contribution is 6.01. The molecule has 0 spiro atoms. The van der Waals surface area contributed by atoms with Crippen LogP contribution in [0, 0.1) is 11.4 Å². The number of halogens is 3. The van der Waals surface area contributed by atoms with Crippen LogP contribution < -0.4 is 10.6 Å². The minimum atomic E-state index is -4.70. The highest BCUT2D eigenvalue weighted by Gasteiger charge is 2.38. The van der Waals surface area contributed by atoms with Crippen molar-refractivity contribution in [3.05, 3.63) is 47.5 Å². The summed E-state index contributed by atoms with van der Waals surface area (Å²) < 4.78 is 41.8. The number of hydrogen-bond acceptors (Lipinski definition) is 5. The molecule has 3 amide bonds. The minimum absolute atomic E-state index is 0.0531. The number of carbonyl (C=O) groups excluding carboxylic acids is 2. The standard InChI is InChI=1S/C21H20F3N5O2/c22-21(23,24)18-15(7-8-16(19(18)28-25)26-9-12-1-2-12)14-5-3-13(4-6-14)10-29-11-17(30)27-20(29)31/h3-8,12,25-26H,1-2,9-11H2,(H,27,30,31). The highest BCUT2D eigenvalue weighted by atomic mass is 19.4. The van der Waals surface area contributed by atoms with Crippen LogP contribution in [-0.2, 0) is 17.5 Å². The number of rotatable bonds is 7. The quantitative estimate of drug-likeness (QED) is 0.429. The van der Waals surface area contributed by atoms with Gasteiger partial charge in [0.05, 0.1) is 11.3 Å².